The fourth-order valence-electron chi connectivity index (χ4n) is 4.43. The van der Waals surface area contributed by atoms with E-state index in [9.17, 15) is 9.59 Å². The van der Waals surface area contributed by atoms with Gasteiger partial charge in [-0.2, -0.15) is 0 Å². The highest BCUT2D eigenvalue weighted by molar-refractivity contribution is 7.11. The van der Waals surface area contributed by atoms with Gasteiger partial charge in [0.25, 0.3) is 11.8 Å². The summed E-state index contributed by atoms with van der Waals surface area (Å²) >= 11 is 1.51. The van der Waals surface area contributed by atoms with Gasteiger partial charge in [-0.05, 0) is 54.0 Å². The second kappa shape index (κ2) is 7.67. The fraction of sp³-hybridized carbons (Fsp3) is 0.391. The van der Waals surface area contributed by atoms with Crippen LogP contribution in [-0.2, 0) is 9.59 Å². The number of anilines is 2. The first-order valence-corrected chi connectivity index (χ1v) is 10.9. The lowest BCUT2D eigenvalue weighted by Gasteiger charge is -2.37. The number of hydrogen-bond donors (Lipinski definition) is 0. The van der Waals surface area contributed by atoms with Crippen molar-refractivity contribution < 1.29 is 9.59 Å². The average Bonchev–Trinajstić information content (AvgIpc) is 3.27. The summed E-state index contributed by atoms with van der Waals surface area (Å²) in [7, 11) is 3.93. The van der Waals surface area contributed by atoms with Crippen LogP contribution in [0.1, 0.15) is 25.1 Å². The first kappa shape index (κ1) is 19.7. The molecule has 2 unspecified atom stereocenters. The molecule has 0 spiro atoms. The fourth-order valence-corrected chi connectivity index (χ4v) is 5.20. The van der Waals surface area contributed by atoms with Gasteiger partial charge < -0.3 is 9.80 Å². The van der Waals surface area contributed by atoms with Crippen LogP contribution >= 0.6 is 11.3 Å². The SMILES string of the molecule is CC1CC(C)CN(C2=C(c3cccs3)C(=O)N(c3ccc(N(C)C)cc3)C2=O)C1. The normalized spacial score (nSPS) is 22.6. The molecule has 1 fully saturated rings. The summed E-state index contributed by atoms with van der Waals surface area (Å²) in [4.78, 5) is 33.4. The van der Waals surface area contributed by atoms with Crippen LogP contribution in [0.3, 0.4) is 0 Å². The minimum Gasteiger partial charge on any atom is -0.378 e. The summed E-state index contributed by atoms with van der Waals surface area (Å²) in [5.41, 5.74) is 2.75. The monoisotopic (exact) mass is 409 g/mol. The van der Waals surface area contributed by atoms with Crippen molar-refractivity contribution in [2.45, 2.75) is 20.3 Å². The zero-order chi connectivity index (χ0) is 20.7. The average molecular weight is 410 g/mol. The van der Waals surface area contributed by atoms with Crippen molar-refractivity contribution in [2.75, 3.05) is 37.0 Å². The number of thiophene rings is 1. The van der Waals surface area contributed by atoms with Crippen molar-refractivity contribution in [2.24, 2.45) is 11.8 Å². The van der Waals surface area contributed by atoms with E-state index in [2.05, 4.69) is 18.7 Å². The third-order valence-electron chi connectivity index (χ3n) is 5.64. The number of carbonyl (C=O) groups excluding carboxylic acids is 2. The molecule has 2 aromatic rings. The van der Waals surface area contributed by atoms with Gasteiger partial charge in [0.2, 0.25) is 0 Å². The molecular weight excluding hydrogens is 382 g/mol. The number of imide groups is 1. The Morgan fingerprint density at radius 3 is 2.17 bits per heavy atom. The van der Waals surface area contributed by atoms with Crippen molar-refractivity contribution in [3.8, 4) is 0 Å². The van der Waals surface area contributed by atoms with Gasteiger partial charge in [0.1, 0.15) is 5.70 Å². The second-order valence-electron chi connectivity index (χ2n) is 8.41. The predicted octanol–water partition coefficient (Wildman–Crippen LogP) is 4.08. The van der Waals surface area contributed by atoms with Crippen LogP contribution in [0.4, 0.5) is 11.4 Å². The second-order valence-corrected chi connectivity index (χ2v) is 9.36. The van der Waals surface area contributed by atoms with Crippen LogP contribution in [0.5, 0.6) is 0 Å². The molecule has 2 amide bonds. The minimum absolute atomic E-state index is 0.211. The maximum absolute atomic E-state index is 13.6. The maximum Gasteiger partial charge on any atom is 0.282 e. The van der Waals surface area contributed by atoms with Crippen molar-refractivity contribution in [1.29, 1.82) is 0 Å². The molecule has 5 nitrogen and oxygen atoms in total. The highest BCUT2D eigenvalue weighted by atomic mass is 32.1. The number of likely N-dealkylation sites (tertiary alicyclic amines) is 1. The molecule has 1 saturated heterocycles. The lowest BCUT2D eigenvalue weighted by molar-refractivity contribution is -0.120. The van der Waals surface area contributed by atoms with E-state index in [4.69, 9.17) is 0 Å². The number of rotatable bonds is 4. The van der Waals surface area contributed by atoms with Gasteiger partial charge in [-0.15, -0.1) is 11.3 Å². The summed E-state index contributed by atoms with van der Waals surface area (Å²) in [6.45, 7) is 6.04. The van der Waals surface area contributed by atoms with Crippen molar-refractivity contribution >= 4 is 40.1 Å². The summed E-state index contributed by atoms with van der Waals surface area (Å²) in [6.07, 6.45) is 1.15. The maximum atomic E-state index is 13.6. The molecule has 0 aliphatic carbocycles. The largest absolute Gasteiger partial charge is 0.378 e. The molecule has 0 radical (unpaired) electrons. The number of hydrogen-bond acceptors (Lipinski definition) is 5. The van der Waals surface area contributed by atoms with Crippen LogP contribution in [0.15, 0.2) is 47.5 Å². The van der Waals surface area contributed by atoms with Gasteiger partial charge in [0, 0.05) is 37.7 Å². The number of amides is 2. The molecule has 4 rings (SSSR count). The Morgan fingerprint density at radius 1 is 0.966 bits per heavy atom. The predicted molar refractivity (Wildman–Crippen MR) is 119 cm³/mol. The molecule has 152 valence electrons. The van der Waals surface area contributed by atoms with Crippen molar-refractivity contribution in [3.05, 3.63) is 52.4 Å². The highest BCUT2D eigenvalue weighted by Crippen LogP contribution is 2.38. The number of piperidine rings is 1. The first-order valence-electron chi connectivity index (χ1n) is 10.1. The number of benzene rings is 1. The van der Waals surface area contributed by atoms with Gasteiger partial charge in [0.05, 0.1) is 11.3 Å². The topological polar surface area (TPSA) is 43.9 Å². The molecule has 2 atom stereocenters. The van der Waals surface area contributed by atoms with Crippen LogP contribution in [0, 0.1) is 11.8 Å². The van der Waals surface area contributed by atoms with Gasteiger partial charge in [-0.3, -0.25) is 9.59 Å². The van der Waals surface area contributed by atoms with Crippen LogP contribution in [0.2, 0.25) is 0 Å². The molecule has 6 heteroatoms. The summed E-state index contributed by atoms with van der Waals surface area (Å²) in [5.74, 6) is 0.549. The van der Waals surface area contributed by atoms with Crippen molar-refractivity contribution in [1.82, 2.24) is 4.90 Å². The van der Waals surface area contributed by atoms with E-state index >= 15 is 0 Å². The molecule has 1 aromatic heterocycles. The van der Waals surface area contributed by atoms with Gasteiger partial charge >= 0.3 is 0 Å². The Balaban J connectivity index is 1.76. The van der Waals surface area contributed by atoms with Gasteiger partial charge in [-0.25, -0.2) is 4.90 Å². The summed E-state index contributed by atoms with van der Waals surface area (Å²) < 4.78 is 0. The Labute approximate surface area is 176 Å². The van der Waals surface area contributed by atoms with E-state index in [0.717, 1.165) is 30.1 Å². The Bertz CT molecular complexity index is 937. The Hall–Kier alpha value is -2.60. The van der Waals surface area contributed by atoms with E-state index in [1.807, 2.05) is 60.8 Å². The van der Waals surface area contributed by atoms with Gasteiger partial charge in [0.15, 0.2) is 0 Å². The zero-order valence-corrected chi connectivity index (χ0v) is 18.2. The molecule has 0 N–H and O–H groups in total. The van der Waals surface area contributed by atoms with Crippen molar-refractivity contribution in [3.63, 3.8) is 0 Å². The third kappa shape index (κ3) is 3.57. The van der Waals surface area contributed by atoms with Crippen LogP contribution < -0.4 is 9.80 Å². The molecule has 1 aromatic carbocycles. The Morgan fingerprint density at radius 2 is 1.62 bits per heavy atom. The molecule has 3 heterocycles. The molecule has 29 heavy (non-hydrogen) atoms. The molecule has 0 bridgehead atoms. The molecule has 0 saturated carbocycles. The first-order chi connectivity index (χ1) is 13.9. The van der Waals surface area contributed by atoms with E-state index in [-0.39, 0.29) is 11.8 Å². The van der Waals surface area contributed by atoms with E-state index in [0.29, 0.717) is 28.8 Å². The van der Waals surface area contributed by atoms with Gasteiger partial charge in [-0.1, -0.05) is 19.9 Å². The Kier molecular flexibility index (Phi) is 5.21. The van der Waals surface area contributed by atoms with E-state index < -0.39 is 0 Å². The quantitative estimate of drug-likeness (QED) is 0.714. The third-order valence-corrected chi connectivity index (χ3v) is 6.52. The summed E-state index contributed by atoms with van der Waals surface area (Å²) in [5, 5.41) is 1.95. The lowest BCUT2D eigenvalue weighted by atomic mass is 9.91. The van der Waals surface area contributed by atoms with E-state index in [1.165, 1.54) is 16.2 Å². The van der Waals surface area contributed by atoms with E-state index in [1.54, 1.807) is 0 Å². The molecule has 2 aliphatic rings. The van der Waals surface area contributed by atoms with Crippen LogP contribution in [0.25, 0.3) is 5.57 Å². The number of nitrogens with zero attached hydrogens (tertiary/aromatic N) is 3. The minimum atomic E-state index is -0.226. The lowest BCUT2D eigenvalue weighted by Crippen LogP contribution is -2.42. The zero-order valence-electron chi connectivity index (χ0n) is 17.4. The highest BCUT2D eigenvalue weighted by Gasteiger charge is 2.44. The summed E-state index contributed by atoms with van der Waals surface area (Å²) in [6, 6.07) is 11.4. The number of carbonyl (C=O) groups is 2. The molecule has 2 aliphatic heterocycles. The molecular formula is C23H27N3O2S. The smallest absolute Gasteiger partial charge is 0.282 e. The standard InChI is InChI=1S/C23H27N3O2S/c1-15-12-16(2)14-25(13-15)21-20(19-6-5-11-29-19)22(27)26(23(21)28)18-9-7-17(8-10-18)24(3)4/h5-11,15-16H,12-14H2,1-4H3. The van der Waals surface area contributed by atoms with Crippen LogP contribution in [-0.4, -0.2) is 43.9 Å².